The highest BCUT2D eigenvalue weighted by Gasteiger charge is 2.38. The normalized spacial score (nSPS) is 20.1. The predicted octanol–water partition coefficient (Wildman–Crippen LogP) is 5.86. The van der Waals surface area contributed by atoms with Crippen molar-refractivity contribution in [2.24, 2.45) is 5.92 Å². The zero-order chi connectivity index (χ0) is 30.0. The number of amides is 2. The smallest absolute Gasteiger partial charge is 0.319 e. The third-order valence-electron chi connectivity index (χ3n) is 7.83. The van der Waals surface area contributed by atoms with Gasteiger partial charge in [0.05, 0.1) is 18.8 Å². The fourth-order valence-electron chi connectivity index (χ4n) is 5.26. The largest absolute Gasteiger partial charge is 0.392 e. The Hall–Kier alpha value is -4.08. The summed E-state index contributed by atoms with van der Waals surface area (Å²) in [6.45, 7) is 4.21. The third kappa shape index (κ3) is 8.49. The number of hydrogen-bond donors (Lipinski definition) is 3. The first-order chi connectivity index (χ1) is 21.0. The number of carbonyl (C=O) groups excluding carboxylic acids is 1. The number of aliphatic hydroxyl groups is 1. The molecule has 1 saturated heterocycles. The second kappa shape index (κ2) is 14.9. The predicted molar refractivity (Wildman–Crippen MR) is 167 cm³/mol. The van der Waals surface area contributed by atoms with Gasteiger partial charge in [-0.25, -0.2) is 4.79 Å². The Morgan fingerprint density at radius 3 is 2.30 bits per heavy atom. The molecule has 4 aromatic rings. The summed E-state index contributed by atoms with van der Waals surface area (Å²) >= 11 is 0. The quantitative estimate of drug-likeness (QED) is 0.206. The summed E-state index contributed by atoms with van der Waals surface area (Å²) in [7, 11) is 2.11. The molecule has 0 aliphatic carbocycles. The lowest BCUT2D eigenvalue weighted by Gasteiger charge is -2.42. The van der Waals surface area contributed by atoms with Gasteiger partial charge in [-0.05, 0) is 48.0 Å². The SMILES string of the molecule is C[C@H]1[C@@H](CN(C)CCc2ccccn2)O[C@@H](c2ccc(NC(=O)NCc3ccccc3)cc2)O[C@H]1c1ccc(CO)cc1. The highest BCUT2D eigenvalue weighted by atomic mass is 16.7. The molecule has 224 valence electrons. The molecular formula is C35H40N4O4. The van der Waals surface area contributed by atoms with Crippen molar-refractivity contribution in [2.45, 2.75) is 45.0 Å². The number of pyridine rings is 1. The van der Waals surface area contributed by atoms with Gasteiger partial charge in [0.2, 0.25) is 0 Å². The summed E-state index contributed by atoms with van der Waals surface area (Å²) in [5.74, 6) is 0.0859. The van der Waals surface area contributed by atoms with E-state index in [1.54, 1.807) is 0 Å². The lowest BCUT2D eigenvalue weighted by molar-refractivity contribution is -0.275. The molecular weight excluding hydrogens is 540 g/mol. The average molecular weight is 581 g/mol. The number of nitrogens with one attached hydrogen (secondary N) is 2. The molecule has 1 aromatic heterocycles. The monoisotopic (exact) mass is 580 g/mol. The van der Waals surface area contributed by atoms with Crippen LogP contribution in [0.25, 0.3) is 0 Å². The van der Waals surface area contributed by atoms with E-state index < -0.39 is 6.29 Å². The van der Waals surface area contributed by atoms with Gasteiger partial charge in [0, 0.05) is 55.1 Å². The van der Waals surface area contributed by atoms with Gasteiger partial charge in [-0.15, -0.1) is 0 Å². The summed E-state index contributed by atoms with van der Waals surface area (Å²) in [5.41, 5.74) is 5.57. The second-order valence-electron chi connectivity index (χ2n) is 11.1. The van der Waals surface area contributed by atoms with E-state index in [4.69, 9.17) is 9.47 Å². The average Bonchev–Trinajstić information content (AvgIpc) is 3.05. The first kappa shape index (κ1) is 30.4. The van der Waals surface area contributed by atoms with Crippen LogP contribution in [0.15, 0.2) is 103 Å². The molecule has 0 spiro atoms. The van der Waals surface area contributed by atoms with E-state index in [0.29, 0.717) is 12.2 Å². The van der Waals surface area contributed by atoms with Gasteiger partial charge < -0.3 is 30.1 Å². The van der Waals surface area contributed by atoms with E-state index in [-0.39, 0.29) is 30.8 Å². The summed E-state index contributed by atoms with van der Waals surface area (Å²) < 4.78 is 13.2. The van der Waals surface area contributed by atoms with E-state index in [1.165, 1.54) is 0 Å². The van der Waals surface area contributed by atoms with E-state index in [0.717, 1.165) is 47.5 Å². The summed E-state index contributed by atoms with van der Waals surface area (Å²) in [6.07, 6.45) is 1.83. The molecule has 1 aliphatic rings. The minimum absolute atomic E-state index is 0.00144. The highest BCUT2D eigenvalue weighted by molar-refractivity contribution is 5.89. The molecule has 8 heteroatoms. The van der Waals surface area contributed by atoms with Crippen LogP contribution in [0.2, 0.25) is 0 Å². The molecule has 1 aliphatic heterocycles. The number of urea groups is 1. The van der Waals surface area contributed by atoms with Gasteiger partial charge in [0.15, 0.2) is 6.29 Å². The van der Waals surface area contributed by atoms with Crippen molar-refractivity contribution < 1.29 is 19.4 Å². The van der Waals surface area contributed by atoms with Crippen LogP contribution in [0.1, 0.15) is 47.3 Å². The topological polar surface area (TPSA) is 96.0 Å². The van der Waals surface area contributed by atoms with E-state index in [9.17, 15) is 9.90 Å². The fourth-order valence-corrected chi connectivity index (χ4v) is 5.26. The number of benzene rings is 3. The Balaban J connectivity index is 1.26. The minimum Gasteiger partial charge on any atom is -0.392 e. The van der Waals surface area contributed by atoms with Crippen molar-refractivity contribution in [1.29, 1.82) is 0 Å². The van der Waals surface area contributed by atoms with Crippen LogP contribution >= 0.6 is 0 Å². The maximum atomic E-state index is 12.4. The van der Waals surface area contributed by atoms with Gasteiger partial charge in [0.25, 0.3) is 0 Å². The molecule has 4 atom stereocenters. The molecule has 3 aromatic carbocycles. The van der Waals surface area contributed by atoms with E-state index in [1.807, 2.05) is 97.2 Å². The number of rotatable bonds is 11. The van der Waals surface area contributed by atoms with Gasteiger partial charge in [0.1, 0.15) is 0 Å². The minimum atomic E-state index is -0.575. The summed E-state index contributed by atoms with van der Waals surface area (Å²) in [5, 5.41) is 15.3. The first-order valence-electron chi connectivity index (χ1n) is 14.8. The number of nitrogens with zero attached hydrogens (tertiary/aromatic N) is 2. The summed E-state index contributed by atoms with van der Waals surface area (Å²) in [6, 6.07) is 31.0. The molecule has 2 amide bonds. The Bertz CT molecular complexity index is 1420. The van der Waals surface area contributed by atoms with Crippen molar-refractivity contribution >= 4 is 11.7 Å². The maximum Gasteiger partial charge on any atom is 0.319 e. The Labute approximate surface area is 253 Å². The molecule has 0 bridgehead atoms. The van der Waals surface area contributed by atoms with Crippen molar-refractivity contribution in [3.8, 4) is 0 Å². The standard InChI is InChI=1S/C35H40N4O4/c1-25-32(23-39(2)21-19-30-10-6-7-20-36-30)42-34(43-33(25)28-13-11-27(24-40)12-14-28)29-15-17-31(18-16-29)38-35(41)37-22-26-8-4-3-5-9-26/h3-18,20,25,32-34,40H,19,21-24H2,1-2H3,(H2,37,38,41)/t25-,32+,33+,34+/m0/s1. The number of ether oxygens (including phenoxy) is 2. The molecule has 0 radical (unpaired) electrons. The number of anilines is 1. The zero-order valence-electron chi connectivity index (χ0n) is 24.7. The maximum absolute atomic E-state index is 12.4. The van der Waals surface area contributed by atoms with Crippen molar-refractivity contribution in [3.63, 3.8) is 0 Å². The second-order valence-corrected chi connectivity index (χ2v) is 11.1. The molecule has 0 unspecified atom stereocenters. The lowest BCUT2D eigenvalue weighted by Crippen LogP contribution is -2.43. The lowest BCUT2D eigenvalue weighted by atomic mass is 9.90. The molecule has 1 fully saturated rings. The van der Waals surface area contributed by atoms with Crippen LogP contribution in [0.5, 0.6) is 0 Å². The molecule has 8 nitrogen and oxygen atoms in total. The van der Waals surface area contributed by atoms with Gasteiger partial charge >= 0.3 is 6.03 Å². The van der Waals surface area contributed by atoms with Gasteiger partial charge in [-0.2, -0.15) is 0 Å². The van der Waals surface area contributed by atoms with Crippen LogP contribution in [0.4, 0.5) is 10.5 Å². The number of aliphatic hydroxyl groups excluding tert-OH is 1. The van der Waals surface area contributed by atoms with Gasteiger partial charge in [-0.3, -0.25) is 4.98 Å². The Morgan fingerprint density at radius 1 is 0.884 bits per heavy atom. The van der Waals surface area contributed by atoms with Crippen LogP contribution in [0.3, 0.4) is 0 Å². The number of carbonyl (C=O) groups is 1. The third-order valence-corrected chi connectivity index (χ3v) is 7.83. The highest BCUT2D eigenvalue weighted by Crippen LogP contribution is 2.42. The number of likely N-dealkylation sites (N-methyl/N-ethyl adjacent to an activating group) is 1. The fraction of sp³-hybridized carbons (Fsp3) is 0.314. The molecule has 0 saturated carbocycles. The number of hydrogen-bond acceptors (Lipinski definition) is 6. The van der Waals surface area contributed by atoms with Crippen molar-refractivity contribution in [3.05, 3.63) is 131 Å². The van der Waals surface area contributed by atoms with Crippen LogP contribution in [0, 0.1) is 5.92 Å². The Morgan fingerprint density at radius 2 is 1.60 bits per heavy atom. The van der Waals surface area contributed by atoms with Gasteiger partial charge in [-0.1, -0.05) is 79.7 Å². The zero-order valence-corrected chi connectivity index (χ0v) is 24.7. The van der Waals surface area contributed by atoms with Crippen LogP contribution in [-0.4, -0.2) is 47.3 Å². The molecule has 3 N–H and O–H groups in total. The first-order valence-corrected chi connectivity index (χ1v) is 14.8. The van der Waals surface area contributed by atoms with Crippen molar-refractivity contribution in [2.75, 3.05) is 25.5 Å². The van der Waals surface area contributed by atoms with Crippen LogP contribution in [-0.2, 0) is 29.0 Å². The van der Waals surface area contributed by atoms with E-state index >= 15 is 0 Å². The summed E-state index contributed by atoms with van der Waals surface area (Å²) in [4.78, 5) is 19.2. The van der Waals surface area contributed by atoms with Crippen LogP contribution < -0.4 is 10.6 Å². The Kier molecular flexibility index (Phi) is 10.5. The number of aromatic nitrogens is 1. The van der Waals surface area contributed by atoms with E-state index in [2.05, 4.69) is 40.6 Å². The molecule has 5 rings (SSSR count). The van der Waals surface area contributed by atoms with Crippen molar-refractivity contribution in [1.82, 2.24) is 15.2 Å². The molecule has 2 heterocycles. The molecule has 43 heavy (non-hydrogen) atoms.